The van der Waals surface area contributed by atoms with Crippen LogP contribution in [-0.2, 0) is 20.2 Å². The minimum atomic E-state index is -4.84. The van der Waals surface area contributed by atoms with Crippen molar-refractivity contribution in [3.05, 3.63) is 0 Å². The third-order valence-corrected chi connectivity index (χ3v) is 4.42. The molecule has 0 aliphatic rings. The molecular formula is C4H12N2O6S2. The molecule has 14 heavy (non-hydrogen) atoms. The second kappa shape index (κ2) is 5.00. The molecule has 0 radical (unpaired) electrons. The van der Waals surface area contributed by atoms with Crippen molar-refractivity contribution >= 4 is 20.2 Å². The van der Waals surface area contributed by atoms with Crippen molar-refractivity contribution in [1.82, 2.24) is 5.32 Å². The van der Waals surface area contributed by atoms with E-state index in [-0.39, 0.29) is 13.1 Å². The van der Waals surface area contributed by atoms with Gasteiger partial charge in [-0.3, -0.25) is 9.11 Å². The largest absolute Gasteiger partial charge is 0.329 e. The number of hydrogen-bond acceptors (Lipinski definition) is 6. The highest BCUT2D eigenvalue weighted by molar-refractivity contribution is 8.04. The Hall–Kier alpha value is -0.260. The van der Waals surface area contributed by atoms with Gasteiger partial charge in [0.2, 0.25) is 4.58 Å². The highest BCUT2D eigenvalue weighted by Gasteiger charge is 2.34. The molecule has 0 fully saturated rings. The molecule has 0 atom stereocenters. The van der Waals surface area contributed by atoms with Crippen molar-refractivity contribution in [3.8, 4) is 0 Å². The van der Waals surface area contributed by atoms with Crippen LogP contribution in [0.4, 0.5) is 0 Å². The average Bonchev–Trinajstić information content (AvgIpc) is 1.92. The molecule has 86 valence electrons. The van der Waals surface area contributed by atoms with Crippen LogP contribution in [0.2, 0.25) is 0 Å². The summed E-state index contributed by atoms with van der Waals surface area (Å²) in [5.74, 6) is 0. The first-order valence-electron chi connectivity index (χ1n) is 3.53. The fourth-order valence-electron chi connectivity index (χ4n) is 0.686. The van der Waals surface area contributed by atoms with E-state index in [2.05, 4.69) is 5.32 Å². The van der Waals surface area contributed by atoms with Gasteiger partial charge in [0, 0.05) is 19.6 Å². The number of rotatable bonds is 6. The third-order valence-electron chi connectivity index (χ3n) is 1.30. The molecule has 0 bridgehead atoms. The topological polar surface area (TPSA) is 147 Å². The molecule has 0 amide bonds. The lowest BCUT2D eigenvalue weighted by atomic mass is 10.6. The molecule has 0 saturated heterocycles. The fourth-order valence-corrected chi connectivity index (χ4v) is 2.57. The Morgan fingerprint density at radius 3 is 1.86 bits per heavy atom. The van der Waals surface area contributed by atoms with Crippen molar-refractivity contribution in [3.63, 3.8) is 0 Å². The zero-order valence-electron chi connectivity index (χ0n) is 7.12. The first-order chi connectivity index (χ1) is 6.19. The fraction of sp³-hybridized carbons (Fsp3) is 1.00. The molecule has 0 aliphatic heterocycles. The van der Waals surface area contributed by atoms with E-state index in [0.29, 0.717) is 0 Å². The van der Waals surface area contributed by atoms with Crippen molar-refractivity contribution in [2.24, 2.45) is 5.73 Å². The van der Waals surface area contributed by atoms with Crippen LogP contribution >= 0.6 is 0 Å². The predicted octanol–water partition coefficient (Wildman–Crippen LogP) is -2.36. The van der Waals surface area contributed by atoms with Gasteiger partial charge in [0.15, 0.2) is 0 Å². The van der Waals surface area contributed by atoms with E-state index in [4.69, 9.17) is 14.8 Å². The first-order valence-corrected chi connectivity index (χ1v) is 6.53. The Balaban J connectivity index is 4.62. The SMILES string of the molecule is NCCNCC(S(=O)(=O)O)S(=O)(=O)O. The van der Waals surface area contributed by atoms with E-state index in [1.807, 2.05) is 0 Å². The van der Waals surface area contributed by atoms with E-state index >= 15 is 0 Å². The van der Waals surface area contributed by atoms with Crippen LogP contribution in [0, 0.1) is 0 Å². The molecule has 10 heteroatoms. The maximum absolute atomic E-state index is 10.5. The van der Waals surface area contributed by atoms with Crippen LogP contribution in [0.15, 0.2) is 0 Å². The van der Waals surface area contributed by atoms with Gasteiger partial charge in [-0.1, -0.05) is 0 Å². The first kappa shape index (κ1) is 13.7. The number of hydrogen-bond donors (Lipinski definition) is 4. The third kappa shape index (κ3) is 4.83. The van der Waals surface area contributed by atoms with E-state index in [1.54, 1.807) is 0 Å². The van der Waals surface area contributed by atoms with E-state index in [1.165, 1.54) is 0 Å². The summed E-state index contributed by atoms with van der Waals surface area (Å²) in [6.07, 6.45) is 0. The standard InChI is InChI=1S/C4H12N2O6S2/c5-1-2-6-3-4(13(7,8)9)14(10,11)12/h4,6H,1-3,5H2,(H,7,8,9)(H,10,11,12). The summed E-state index contributed by atoms with van der Waals surface area (Å²) < 4.78 is 56.7. The van der Waals surface area contributed by atoms with E-state index in [9.17, 15) is 16.8 Å². The highest BCUT2D eigenvalue weighted by atomic mass is 32.3. The maximum atomic E-state index is 10.5. The predicted molar refractivity (Wildman–Crippen MR) is 48.8 cm³/mol. The van der Waals surface area contributed by atoms with Gasteiger partial charge < -0.3 is 11.1 Å². The van der Waals surface area contributed by atoms with Gasteiger partial charge in [0.25, 0.3) is 20.2 Å². The summed E-state index contributed by atoms with van der Waals surface area (Å²) in [6, 6.07) is 0. The van der Waals surface area contributed by atoms with Gasteiger partial charge in [-0.2, -0.15) is 16.8 Å². The van der Waals surface area contributed by atoms with Gasteiger partial charge >= 0.3 is 0 Å². The molecule has 0 aromatic rings. The van der Waals surface area contributed by atoms with Gasteiger partial charge in [0.1, 0.15) is 0 Å². The summed E-state index contributed by atoms with van der Waals surface area (Å²) in [4.78, 5) is 0. The van der Waals surface area contributed by atoms with Crippen LogP contribution in [0.3, 0.4) is 0 Å². The zero-order chi connectivity index (χ0) is 11.4. The summed E-state index contributed by atoms with van der Waals surface area (Å²) in [5.41, 5.74) is 5.05. The molecule has 0 spiro atoms. The molecule has 0 aromatic carbocycles. The van der Waals surface area contributed by atoms with Crippen LogP contribution in [0.1, 0.15) is 0 Å². The molecule has 0 unspecified atom stereocenters. The second-order valence-electron chi connectivity index (χ2n) is 2.45. The zero-order valence-corrected chi connectivity index (χ0v) is 8.75. The van der Waals surface area contributed by atoms with Crippen LogP contribution < -0.4 is 11.1 Å². The summed E-state index contributed by atoms with van der Waals surface area (Å²) in [7, 11) is -9.69. The minimum Gasteiger partial charge on any atom is -0.329 e. The quantitative estimate of drug-likeness (QED) is 0.301. The second-order valence-corrected chi connectivity index (χ2v) is 5.95. The van der Waals surface area contributed by atoms with Crippen molar-refractivity contribution in [2.75, 3.05) is 19.6 Å². The Bertz CT molecular complexity index is 327. The van der Waals surface area contributed by atoms with Gasteiger partial charge in [-0.25, -0.2) is 0 Å². The van der Waals surface area contributed by atoms with Crippen LogP contribution in [0.25, 0.3) is 0 Å². The molecular weight excluding hydrogens is 236 g/mol. The molecule has 0 heterocycles. The van der Waals surface area contributed by atoms with Crippen LogP contribution in [-0.4, -0.2) is 50.2 Å². The van der Waals surface area contributed by atoms with Gasteiger partial charge in [0.05, 0.1) is 0 Å². The Morgan fingerprint density at radius 1 is 1.14 bits per heavy atom. The highest BCUT2D eigenvalue weighted by Crippen LogP contribution is 2.04. The summed E-state index contributed by atoms with van der Waals surface area (Å²) in [5, 5.41) is 2.34. The van der Waals surface area contributed by atoms with Crippen molar-refractivity contribution in [2.45, 2.75) is 4.58 Å². The lowest BCUT2D eigenvalue weighted by Crippen LogP contribution is -2.40. The molecule has 8 nitrogen and oxygen atoms in total. The normalized spacial score (nSPS) is 13.4. The monoisotopic (exact) mass is 248 g/mol. The Labute approximate surface area is 82.0 Å². The Morgan fingerprint density at radius 2 is 1.57 bits per heavy atom. The lowest BCUT2D eigenvalue weighted by molar-refractivity contribution is 0.450. The molecule has 0 aliphatic carbocycles. The van der Waals surface area contributed by atoms with E-state index < -0.39 is 31.4 Å². The minimum absolute atomic E-state index is 0.168. The number of nitrogens with two attached hydrogens (primary N) is 1. The summed E-state index contributed by atoms with van der Waals surface area (Å²) in [6.45, 7) is -0.278. The molecule has 0 aromatic heterocycles. The molecule has 0 saturated carbocycles. The van der Waals surface area contributed by atoms with Crippen molar-refractivity contribution in [1.29, 1.82) is 0 Å². The van der Waals surface area contributed by atoms with Gasteiger partial charge in [-0.05, 0) is 0 Å². The average molecular weight is 248 g/mol. The van der Waals surface area contributed by atoms with E-state index in [0.717, 1.165) is 0 Å². The van der Waals surface area contributed by atoms with Crippen molar-refractivity contribution < 1.29 is 25.9 Å². The van der Waals surface area contributed by atoms with Crippen LogP contribution in [0.5, 0.6) is 0 Å². The summed E-state index contributed by atoms with van der Waals surface area (Å²) >= 11 is 0. The smallest absolute Gasteiger partial charge is 0.286 e. The lowest BCUT2D eigenvalue weighted by Gasteiger charge is -2.10. The number of nitrogens with one attached hydrogen (secondary N) is 1. The van der Waals surface area contributed by atoms with Gasteiger partial charge in [-0.15, -0.1) is 0 Å². The molecule has 0 rings (SSSR count). The molecule has 5 N–H and O–H groups in total. The Kier molecular flexibility index (Phi) is 4.91. The maximum Gasteiger partial charge on any atom is 0.286 e.